The third-order valence-electron chi connectivity index (χ3n) is 3.31. The second kappa shape index (κ2) is 7.72. The van der Waals surface area contributed by atoms with Crippen LogP contribution < -0.4 is 5.32 Å². The Kier molecular flexibility index (Phi) is 5.20. The average Bonchev–Trinajstić information content (AvgIpc) is 3.02. The molecule has 6 heteroatoms. The number of nitrogens with zero attached hydrogens (tertiary/aromatic N) is 1. The molecule has 0 aliphatic carbocycles. The molecular weight excluding hydrogens is 336 g/mol. The molecule has 0 atom stereocenters. The number of hydrogen-bond acceptors (Lipinski definition) is 5. The average molecular weight is 352 g/mol. The zero-order valence-electron chi connectivity index (χ0n) is 13.6. The van der Waals surface area contributed by atoms with Gasteiger partial charge in [0.25, 0.3) is 0 Å². The minimum absolute atomic E-state index is 0.0594. The van der Waals surface area contributed by atoms with Gasteiger partial charge in [-0.2, -0.15) is 0 Å². The van der Waals surface area contributed by atoms with Gasteiger partial charge in [0.15, 0.2) is 0 Å². The maximum Gasteiger partial charge on any atom is 0.355 e. The van der Waals surface area contributed by atoms with Gasteiger partial charge in [-0.05, 0) is 23.8 Å². The molecule has 0 aliphatic rings. The number of ether oxygens (including phenoxy) is 1. The van der Waals surface area contributed by atoms with E-state index in [1.54, 1.807) is 6.08 Å². The number of carbonyl (C=O) groups is 2. The Morgan fingerprint density at radius 3 is 2.56 bits per heavy atom. The Balaban J connectivity index is 1.73. The third-order valence-corrected chi connectivity index (χ3v) is 4.32. The zero-order chi connectivity index (χ0) is 17.6. The third kappa shape index (κ3) is 4.51. The summed E-state index contributed by atoms with van der Waals surface area (Å²) in [6.45, 7) is 1.41. The number of nitrogens with one attached hydrogen (secondary N) is 1. The lowest BCUT2D eigenvalue weighted by molar-refractivity contribution is -0.141. The lowest BCUT2D eigenvalue weighted by Gasteiger charge is -2.08. The van der Waals surface area contributed by atoms with E-state index in [9.17, 15) is 9.59 Å². The standard InChI is InChI=1S/C19H16N2O3S/c1-13(22)20-16(11-14-7-3-2-4-8-14)19(23)24-12-18-21-15-9-5-6-10-17(15)25-18/h2-11H,12H2,1H3,(H,20,22). The maximum atomic E-state index is 12.3. The monoisotopic (exact) mass is 352 g/mol. The smallest absolute Gasteiger partial charge is 0.355 e. The summed E-state index contributed by atoms with van der Waals surface area (Å²) in [6.07, 6.45) is 1.59. The predicted molar refractivity (Wildman–Crippen MR) is 97.7 cm³/mol. The number of fused-ring (bicyclic) bond motifs is 1. The van der Waals surface area contributed by atoms with Crippen molar-refractivity contribution < 1.29 is 14.3 Å². The van der Waals surface area contributed by atoms with Crippen molar-refractivity contribution in [1.82, 2.24) is 10.3 Å². The van der Waals surface area contributed by atoms with E-state index in [2.05, 4.69) is 10.3 Å². The molecule has 126 valence electrons. The first-order valence-electron chi connectivity index (χ1n) is 7.68. The van der Waals surface area contributed by atoms with Crippen LogP contribution in [0.15, 0.2) is 60.3 Å². The quantitative estimate of drug-likeness (QED) is 0.563. The summed E-state index contributed by atoms with van der Waals surface area (Å²) in [5, 5.41) is 3.23. The molecule has 0 unspecified atom stereocenters. The van der Waals surface area contributed by atoms with Gasteiger partial charge in [0.1, 0.15) is 17.3 Å². The molecule has 0 spiro atoms. The number of esters is 1. The Bertz CT molecular complexity index is 899. The Labute approximate surface area is 149 Å². The predicted octanol–water partition coefficient (Wildman–Crippen LogP) is 3.52. The van der Waals surface area contributed by atoms with Gasteiger partial charge >= 0.3 is 5.97 Å². The number of amides is 1. The van der Waals surface area contributed by atoms with Crippen molar-refractivity contribution in [2.45, 2.75) is 13.5 Å². The van der Waals surface area contributed by atoms with Gasteiger partial charge in [-0.3, -0.25) is 4.79 Å². The molecule has 3 aromatic rings. The molecule has 5 nitrogen and oxygen atoms in total. The first kappa shape index (κ1) is 16.9. The topological polar surface area (TPSA) is 68.3 Å². The van der Waals surface area contributed by atoms with Crippen molar-refractivity contribution in [3.8, 4) is 0 Å². The SMILES string of the molecule is CC(=O)NC(=Cc1ccccc1)C(=O)OCc1nc2ccccc2s1. The highest BCUT2D eigenvalue weighted by molar-refractivity contribution is 7.18. The summed E-state index contributed by atoms with van der Waals surface area (Å²) in [7, 11) is 0. The van der Waals surface area contributed by atoms with Crippen LogP contribution in [0.1, 0.15) is 17.5 Å². The van der Waals surface area contributed by atoms with Crippen LogP contribution in [0.25, 0.3) is 16.3 Å². The van der Waals surface area contributed by atoms with Crippen molar-refractivity contribution in [3.05, 3.63) is 70.9 Å². The number of para-hydroxylation sites is 1. The van der Waals surface area contributed by atoms with Crippen LogP contribution in [0.4, 0.5) is 0 Å². The molecule has 3 rings (SSSR count). The van der Waals surface area contributed by atoms with E-state index in [0.29, 0.717) is 5.01 Å². The van der Waals surface area contributed by atoms with Gasteiger partial charge in [0.05, 0.1) is 10.2 Å². The second-order valence-corrected chi connectivity index (χ2v) is 6.42. The molecule has 0 saturated heterocycles. The number of rotatable bonds is 5. The minimum atomic E-state index is -0.599. The van der Waals surface area contributed by atoms with Crippen molar-refractivity contribution in [3.63, 3.8) is 0 Å². The molecule has 25 heavy (non-hydrogen) atoms. The highest BCUT2D eigenvalue weighted by Gasteiger charge is 2.14. The molecule has 1 N–H and O–H groups in total. The van der Waals surface area contributed by atoms with Gasteiger partial charge < -0.3 is 10.1 Å². The van der Waals surface area contributed by atoms with Crippen LogP contribution in [0.2, 0.25) is 0 Å². The molecule has 0 saturated carbocycles. The van der Waals surface area contributed by atoms with Crippen LogP contribution in [-0.2, 0) is 20.9 Å². The zero-order valence-corrected chi connectivity index (χ0v) is 14.4. The fraction of sp³-hybridized carbons (Fsp3) is 0.105. The summed E-state index contributed by atoms with van der Waals surface area (Å²) >= 11 is 1.47. The van der Waals surface area contributed by atoms with E-state index in [1.165, 1.54) is 18.3 Å². The fourth-order valence-corrected chi connectivity index (χ4v) is 3.12. The molecule has 1 aromatic heterocycles. The summed E-state index contributed by atoms with van der Waals surface area (Å²) in [4.78, 5) is 28.1. The lowest BCUT2D eigenvalue weighted by atomic mass is 10.2. The molecule has 0 radical (unpaired) electrons. The van der Waals surface area contributed by atoms with Gasteiger partial charge in [-0.15, -0.1) is 11.3 Å². The first-order chi connectivity index (χ1) is 12.1. The molecular formula is C19H16N2O3S. The van der Waals surface area contributed by atoms with Gasteiger partial charge in [0, 0.05) is 6.92 Å². The van der Waals surface area contributed by atoms with Crippen LogP contribution in [0.5, 0.6) is 0 Å². The summed E-state index contributed by atoms with van der Waals surface area (Å²) in [6, 6.07) is 17.0. The van der Waals surface area contributed by atoms with Crippen LogP contribution >= 0.6 is 11.3 Å². The van der Waals surface area contributed by atoms with Crippen LogP contribution in [0.3, 0.4) is 0 Å². The van der Waals surface area contributed by atoms with Crippen molar-refractivity contribution in [1.29, 1.82) is 0 Å². The number of thiazole rings is 1. The molecule has 2 aromatic carbocycles. The van der Waals surface area contributed by atoms with Crippen LogP contribution in [-0.4, -0.2) is 16.9 Å². The maximum absolute atomic E-state index is 12.3. The van der Waals surface area contributed by atoms with Gasteiger partial charge in [-0.25, -0.2) is 9.78 Å². The van der Waals surface area contributed by atoms with Gasteiger partial charge in [-0.1, -0.05) is 42.5 Å². The Hall–Kier alpha value is -2.99. The molecule has 0 fully saturated rings. The van der Waals surface area contributed by atoms with Crippen molar-refractivity contribution >= 4 is 39.5 Å². The summed E-state index contributed by atoms with van der Waals surface area (Å²) < 4.78 is 6.36. The summed E-state index contributed by atoms with van der Waals surface area (Å²) in [5.41, 5.74) is 1.77. The van der Waals surface area contributed by atoms with Crippen LogP contribution in [0, 0.1) is 0 Å². The number of hydrogen-bond donors (Lipinski definition) is 1. The molecule has 0 bridgehead atoms. The first-order valence-corrected chi connectivity index (χ1v) is 8.49. The Morgan fingerprint density at radius 2 is 1.84 bits per heavy atom. The normalized spacial score (nSPS) is 11.3. The molecule has 1 amide bonds. The second-order valence-electron chi connectivity index (χ2n) is 5.30. The van der Waals surface area contributed by atoms with Crippen molar-refractivity contribution in [2.75, 3.05) is 0 Å². The van der Waals surface area contributed by atoms with E-state index in [-0.39, 0.29) is 18.2 Å². The van der Waals surface area contributed by atoms with E-state index in [0.717, 1.165) is 15.8 Å². The number of benzene rings is 2. The van der Waals surface area contributed by atoms with E-state index >= 15 is 0 Å². The highest BCUT2D eigenvalue weighted by atomic mass is 32.1. The number of aromatic nitrogens is 1. The molecule has 1 heterocycles. The van der Waals surface area contributed by atoms with E-state index < -0.39 is 5.97 Å². The minimum Gasteiger partial charge on any atom is -0.454 e. The van der Waals surface area contributed by atoms with Crippen molar-refractivity contribution in [2.24, 2.45) is 0 Å². The van der Waals surface area contributed by atoms with Gasteiger partial charge in [0.2, 0.25) is 5.91 Å². The highest BCUT2D eigenvalue weighted by Crippen LogP contribution is 2.22. The van der Waals surface area contributed by atoms with E-state index in [1.807, 2.05) is 54.6 Å². The lowest BCUT2D eigenvalue weighted by Crippen LogP contribution is -2.26. The molecule has 0 aliphatic heterocycles. The largest absolute Gasteiger partial charge is 0.454 e. The Morgan fingerprint density at radius 1 is 1.12 bits per heavy atom. The van der Waals surface area contributed by atoms with E-state index in [4.69, 9.17) is 4.74 Å². The number of carbonyl (C=O) groups excluding carboxylic acids is 2. The fourth-order valence-electron chi connectivity index (χ4n) is 2.24. The summed E-state index contributed by atoms with van der Waals surface area (Å²) in [5.74, 6) is -0.933.